The van der Waals surface area contributed by atoms with Crippen molar-refractivity contribution in [3.63, 3.8) is 0 Å². The van der Waals surface area contributed by atoms with Crippen LogP contribution in [0.25, 0.3) is 65.8 Å². The van der Waals surface area contributed by atoms with E-state index in [4.69, 9.17) is 13.3 Å². The zero-order chi connectivity index (χ0) is 58.1. The van der Waals surface area contributed by atoms with Gasteiger partial charge in [-0.05, 0) is 117 Å². The van der Waals surface area contributed by atoms with Crippen molar-refractivity contribution in [2.24, 2.45) is 0 Å². The van der Waals surface area contributed by atoms with Crippen LogP contribution in [-0.2, 0) is 60.3 Å². The number of anilines is 12. The summed E-state index contributed by atoms with van der Waals surface area (Å²) in [5, 5.41) is 6.89. The van der Waals surface area contributed by atoms with Crippen molar-refractivity contribution in [3.05, 3.63) is 298 Å². The number of hydrogen-bond acceptors (Lipinski definition) is 11. The van der Waals surface area contributed by atoms with Gasteiger partial charge in [-0.25, -0.2) is 9.97 Å². The molecule has 11 nitrogen and oxygen atoms in total. The number of hydrogen-bond donors (Lipinski definition) is 0. The number of aryl methyl sites for hydroxylation is 3. The smallest absolute Gasteiger partial charge is 0.140 e. The minimum absolute atomic E-state index is 0. The number of furan rings is 3. The van der Waals surface area contributed by atoms with Crippen LogP contribution in [0.15, 0.2) is 256 Å². The maximum atomic E-state index is 6.21. The first kappa shape index (κ1) is 59.6. The Bertz CT molecular complexity index is 4880. The quantitative estimate of drug-likeness (QED) is 0.149. The first-order chi connectivity index (χ1) is 42.9. The Morgan fingerprint density at radius 1 is 0.300 bits per heavy atom. The van der Waals surface area contributed by atoms with Gasteiger partial charge in [0.2, 0.25) is 0 Å². The molecule has 0 atom stereocenters. The standard InChI is InChI=1S/C26H18N2O.2C25H17N3O.3Ir/c1-18-21(15-16-25-26(18)20-11-5-8-14-24(20)29-25)28-17-27(19-9-3-2-4-10-19)22-12-6-7-13-23(22)28;1-17-21(14-13-20-19-10-5-6-12-23(19)29-24(17)20)28-16-27(18-8-3-2-4-9-18)25-22(28)11-7-15-26-25;1-17-21(14-13-20-19-10-5-6-12-23(19)29-24(17)20)28-16-27(18-8-3-2-4-9-18)22-11-7-15-26-25(22)28;;;/h2-9,11-17H,1H3;2*2-8,10-16H,1H3;;;/q3*-2;;;. The number of benzene rings is 10. The van der Waals surface area contributed by atoms with E-state index in [1.807, 2.05) is 140 Å². The van der Waals surface area contributed by atoms with E-state index < -0.39 is 0 Å². The molecular formula is C76H52Ir3N8O3-6. The van der Waals surface area contributed by atoms with Crippen LogP contribution in [-0.4, -0.2) is 9.97 Å². The second kappa shape index (κ2) is 24.9. The first-order valence-electron chi connectivity index (χ1n) is 28.9. The first-order valence-corrected chi connectivity index (χ1v) is 28.9. The molecule has 15 aromatic rings. The van der Waals surface area contributed by atoms with E-state index in [1.165, 1.54) is 10.9 Å². The molecule has 0 aliphatic carbocycles. The summed E-state index contributed by atoms with van der Waals surface area (Å²) in [7, 11) is 0. The molecule has 3 radical (unpaired) electrons. The summed E-state index contributed by atoms with van der Waals surface area (Å²) >= 11 is 0. The normalized spacial score (nSPS) is 13.0. The fourth-order valence-electron chi connectivity index (χ4n) is 12.4. The zero-order valence-corrected chi connectivity index (χ0v) is 55.8. The summed E-state index contributed by atoms with van der Waals surface area (Å²) in [6.45, 7) is 12.7. The molecule has 0 amide bonds. The van der Waals surface area contributed by atoms with Gasteiger partial charge in [0.1, 0.15) is 45.1 Å². The van der Waals surface area contributed by atoms with Gasteiger partial charge < -0.3 is 42.7 Å². The minimum atomic E-state index is 0. The van der Waals surface area contributed by atoms with Crippen molar-refractivity contribution in [1.82, 2.24) is 9.97 Å². The zero-order valence-electron chi connectivity index (χ0n) is 48.6. The van der Waals surface area contributed by atoms with Crippen LogP contribution in [0.1, 0.15) is 16.7 Å². The van der Waals surface area contributed by atoms with Crippen LogP contribution < -0.4 is 29.4 Å². The number of para-hydroxylation sites is 8. The Morgan fingerprint density at radius 3 is 1.24 bits per heavy atom. The van der Waals surface area contributed by atoms with Crippen molar-refractivity contribution in [3.8, 4) is 0 Å². The average molecular weight is 1700 g/mol. The predicted molar refractivity (Wildman–Crippen MR) is 352 cm³/mol. The average Bonchev–Trinajstić information content (AvgIpc) is 1.66. The van der Waals surface area contributed by atoms with Gasteiger partial charge in [-0.2, -0.15) is 91.0 Å². The molecule has 10 aromatic carbocycles. The molecule has 0 spiro atoms. The van der Waals surface area contributed by atoms with Gasteiger partial charge in [0, 0.05) is 145 Å². The number of nitrogens with zero attached hydrogens (tertiary/aromatic N) is 8. The number of pyridine rings is 2. The fraction of sp³-hybridized carbons (Fsp3) is 0.0395. The summed E-state index contributed by atoms with van der Waals surface area (Å²) in [6, 6.07) is 87.8. The van der Waals surface area contributed by atoms with Crippen LogP contribution in [0.2, 0.25) is 0 Å². The van der Waals surface area contributed by atoms with Crippen molar-refractivity contribution >= 4 is 134 Å². The Balaban J connectivity index is 0.000000122. The van der Waals surface area contributed by atoms with Crippen molar-refractivity contribution in [2.45, 2.75) is 20.8 Å². The molecular weight excluding hydrogens is 1650 g/mol. The van der Waals surface area contributed by atoms with Crippen LogP contribution in [0.4, 0.5) is 68.5 Å². The van der Waals surface area contributed by atoms with E-state index in [-0.39, 0.29) is 60.3 Å². The molecule has 14 heteroatoms. The molecule has 0 saturated carbocycles. The Kier molecular flexibility index (Phi) is 16.5. The molecule has 0 saturated heterocycles. The maximum Gasteiger partial charge on any atom is 0.140 e. The third-order valence-corrected chi connectivity index (χ3v) is 16.5. The van der Waals surface area contributed by atoms with E-state index >= 15 is 0 Å². The fourth-order valence-corrected chi connectivity index (χ4v) is 12.4. The van der Waals surface area contributed by atoms with E-state index in [1.54, 1.807) is 0 Å². The van der Waals surface area contributed by atoms with Crippen LogP contribution in [0.3, 0.4) is 0 Å². The number of aromatic nitrogens is 2. The Morgan fingerprint density at radius 2 is 0.689 bits per heavy atom. The van der Waals surface area contributed by atoms with Crippen molar-refractivity contribution in [1.29, 1.82) is 0 Å². The van der Waals surface area contributed by atoms with Gasteiger partial charge in [0.15, 0.2) is 0 Å². The molecule has 8 heterocycles. The minimum Gasteiger partial charge on any atom is -0.493 e. The van der Waals surface area contributed by atoms with E-state index in [9.17, 15) is 0 Å². The van der Waals surface area contributed by atoms with Gasteiger partial charge >= 0.3 is 0 Å². The van der Waals surface area contributed by atoms with Crippen molar-refractivity contribution < 1.29 is 73.6 Å². The molecule has 0 unspecified atom stereocenters. The van der Waals surface area contributed by atoms with Crippen LogP contribution in [0, 0.1) is 59.0 Å². The maximum absolute atomic E-state index is 6.21. The largest absolute Gasteiger partial charge is 0.493 e. The molecule has 3 aliphatic heterocycles. The molecule has 0 N–H and O–H groups in total. The van der Waals surface area contributed by atoms with Gasteiger partial charge in [-0.15, -0.1) is 37.1 Å². The molecule has 3 aliphatic rings. The SMILES string of the molecule is Cc1c(N2[CH-]N(c3[c-]cccc3)c3ccccc32)ccc2oc3ccccc3c12.Cc1c(N2[CH-]N(c3[c-]cccc3)c3cccnc32)ccc2c1oc1ccccc12.Cc1c(N2[CH-]N(c3[c-]cccc3)c3ncccc32)ccc2c1oc1ccccc12.[Ir].[Ir].[Ir]. The van der Waals surface area contributed by atoms with E-state index in [2.05, 4.69) is 201 Å². The summed E-state index contributed by atoms with van der Waals surface area (Å²) in [5.41, 5.74) is 19.5. The third-order valence-electron chi connectivity index (χ3n) is 16.5. The number of rotatable bonds is 6. The topological polar surface area (TPSA) is 84.6 Å². The second-order valence-corrected chi connectivity index (χ2v) is 21.5. The molecule has 5 aromatic heterocycles. The summed E-state index contributed by atoms with van der Waals surface area (Å²) < 4.78 is 18.5. The van der Waals surface area contributed by atoms with Gasteiger partial charge in [0.25, 0.3) is 0 Å². The molecule has 0 fully saturated rings. The third kappa shape index (κ3) is 10.2. The van der Waals surface area contributed by atoms with E-state index in [0.29, 0.717) is 0 Å². The Hall–Kier alpha value is -9.35. The van der Waals surface area contributed by atoms with Crippen LogP contribution >= 0.6 is 0 Å². The van der Waals surface area contributed by atoms with Gasteiger partial charge in [-0.1, -0.05) is 66.7 Å². The van der Waals surface area contributed by atoms with Gasteiger partial charge in [0.05, 0.1) is 11.4 Å². The summed E-state index contributed by atoms with van der Waals surface area (Å²) in [4.78, 5) is 22.2. The molecule has 18 rings (SSSR count). The monoisotopic (exact) mass is 1700 g/mol. The predicted octanol–water partition coefficient (Wildman–Crippen LogP) is 20.1. The molecule has 447 valence electrons. The van der Waals surface area contributed by atoms with Crippen molar-refractivity contribution in [2.75, 3.05) is 29.4 Å². The van der Waals surface area contributed by atoms with Gasteiger partial charge in [-0.3, -0.25) is 0 Å². The van der Waals surface area contributed by atoms with Crippen LogP contribution in [0.5, 0.6) is 0 Å². The number of fused-ring (bicyclic) bond motifs is 12. The second-order valence-electron chi connectivity index (χ2n) is 21.5. The summed E-state index contributed by atoms with van der Waals surface area (Å²) in [5.74, 6) is 1.78. The molecule has 0 bridgehead atoms. The summed E-state index contributed by atoms with van der Waals surface area (Å²) in [6.07, 6.45) is 3.65. The van der Waals surface area contributed by atoms with E-state index in [0.717, 1.165) is 140 Å². The Labute approximate surface area is 561 Å². The molecule has 90 heavy (non-hydrogen) atoms.